The summed E-state index contributed by atoms with van der Waals surface area (Å²) in [6, 6.07) is 5.25. The summed E-state index contributed by atoms with van der Waals surface area (Å²) in [6.45, 7) is 0.814. The van der Waals surface area contributed by atoms with Crippen LogP contribution < -0.4 is 19.7 Å². The van der Waals surface area contributed by atoms with Crippen LogP contribution in [0.5, 0.6) is 11.5 Å². The maximum absolute atomic E-state index is 12.6. The van der Waals surface area contributed by atoms with Crippen molar-refractivity contribution in [3.8, 4) is 11.5 Å². The van der Waals surface area contributed by atoms with Gasteiger partial charge in [-0.2, -0.15) is 8.78 Å². The Bertz CT molecular complexity index is 493. The van der Waals surface area contributed by atoms with Gasteiger partial charge in [0.1, 0.15) is 0 Å². The lowest BCUT2D eigenvalue weighted by molar-refractivity contribution is -0.0520. The molecule has 1 aromatic carbocycles. The minimum absolute atomic E-state index is 0. The van der Waals surface area contributed by atoms with Crippen molar-refractivity contribution in [2.24, 2.45) is 0 Å². The highest BCUT2D eigenvalue weighted by atomic mass is 35.5. The maximum atomic E-state index is 12.6. The molecule has 1 aliphatic heterocycles. The SMILES string of the molecule is Cl.FC(F)Oc1ccc(N2CCNCC2)cc1OC1CCCC1. The average Bonchev–Trinajstić information content (AvgIpc) is 3.02. The van der Waals surface area contributed by atoms with Gasteiger partial charge in [-0.15, -0.1) is 12.4 Å². The van der Waals surface area contributed by atoms with Crippen molar-refractivity contribution in [2.45, 2.75) is 38.4 Å². The molecule has 4 nitrogen and oxygen atoms in total. The summed E-state index contributed by atoms with van der Waals surface area (Å²) >= 11 is 0. The highest BCUT2D eigenvalue weighted by Crippen LogP contribution is 2.36. The number of nitrogens with one attached hydrogen (secondary N) is 1. The van der Waals surface area contributed by atoms with Crippen molar-refractivity contribution in [1.29, 1.82) is 0 Å². The normalized spacial score (nSPS) is 18.8. The number of nitrogens with zero attached hydrogens (tertiary/aromatic N) is 1. The summed E-state index contributed by atoms with van der Waals surface area (Å²) in [7, 11) is 0. The van der Waals surface area contributed by atoms with Crippen LogP contribution in [0.4, 0.5) is 14.5 Å². The quantitative estimate of drug-likeness (QED) is 0.883. The molecule has 7 heteroatoms. The molecule has 130 valence electrons. The predicted molar refractivity (Wildman–Crippen MR) is 88.3 cm³/mol. The highest BCUT2D eigenvalue weighted by molar-refractivity contribution is 5.85. The standard InChI is InChI=1S/C16H22F2N2O2.ClH/c17-16(18)22-14-6-5-12(20-9-7-19-8-10-20)11-15(14)21-13-3-1-2-4-13;/h5-6,11,13,16,19H,1-4,7-10H2;1H. The van der Waals surface area contributed by atoms with Crippen molar-refractivity contribution in [3.63, 3.8) is 0 Å². The van der Waals surface area contributed by atoms with Crippen LogP contribution in [0, 0.1) is 0 Å². The van der Waals surface area contributed by atoms with E-state index < -0.39 is 6.61 Å². The first-order chi connectivity index (χ1) is 10.7. The van der Waals surface area contributed by atoms with E-state index in [1.807, 2.05) is 12.1 Å². The molecular formula is C16H23ClF2N2O2. The van der Waals surface area contributed by atoms with Crippen LogP contribution in [0.1, 0.15) is 25.7 Å². The zero-order chi connectivity index (χ0) is 15.4. The molecule has 1 saturated heterocycles. The lowest BCUT2D eigenvalue weighted by Crippen LogP contribution is -2.43. The molecule has 0 bridgehead atoms. The molecule has 1 heterocycles. The topological polar surface area (TPSA) is 33.7 Å². The molecule has 1 aliphatic carbocycles. The summed E-state index contributed by atoms with van der Waals surface area (Å²) < 4.78 is 35.7. The third kappa shape index (κ3) is 4.85. The van der Waals surface area contributed by atoms with E-state index in [4.69, 9.17) is 4.74 Å². The summed E-state index contributed by atoms with van der Waals surface area (Å²) in [5, 5.41) is 3.30. The summed E-state index contributed by atoms with van der Waals surface area (Å²) in [5.41, 5.74) is 0.996. The van der Waals surface area contributed by atoms with Crippen LogP contribution >= 0.6 is 12.4 Å². The zero-order valence-corrected chi connectivity index (χ0v) is 13.8. The Morgan fingerprint density at radius 1 is 1.09 bits per heavy atom. The Balaban J connectivity index is 0.00000192. The van der Waals surface area contributed by atoms with Crippen molar-refractivity contribution in [1.82, 2.24) is 5.32 Å². The molecule has 23 heavy (non-hydrogen) atoms. The van der Waals surface area contributed by atoms with Crippen molar-refractivity contribution >= 4 is 18.1 Å². The fourth-order valence-corrected chi connectivity index (χ4v) is 3.09. The Kier molecular flexibility index (Phi) is 6.72. The maximum Gasteiger partial charge on any atom is 0.387 e. The van der Waals surface area contributed by atoms with E-state index in [0.717, 1.165) is 57.5 Å². The number of alkyl halides is 2. The fourth-order valence-electron chi connectivity index (χ4n) is 3.09. The van der Waals surface area contributed by atoms with E-state index >= 15 is 0 Å². The van der Waals surface area contributed by atoms with Gasteiger partial charge in [0.2, 0.25) is 0 Å². The average molecular weight is 349 g/mol. The number of benzene rings is 1. The number of rotatable bonds is 5. The molecule has 0 atom stereocenters. The summed E-state index contributed by atoms with van der Waals surface area (Å²) in [5.74, 6) is 0.559. The molecule has 0 spiro atoms. The molecule has 0 aromatic heterocycles. The lowest BCUT2D eigenvalue weighted by Gasteiger charge is -2.30. The van der Waals surface area contributed by atoms with E-state index in [-0.39, 0.29) is 24.3 Å². The van der Waals surface area contributed by atoms with Gasteiger partial charge in [0, 0.05) is 37.9 Å². The van der Waals surface area contributed by atoms with Crippen LogP contribution in [0.2, 0.25) is 0 Å². The Labute approximate surface area is 141 Å². The van der Waals surface area contributed by atoms with Crippen molar-refractivity contribution < 1.29 is 18.3 Å². The van der Waals surface area contributed by atoms with Gasteiger partial charge in [-0.25, -0.2) is 0 Å². The molecule has 0 unspecified atom stereocenters. The molecule has 1 saturated carbocycles. The smallest absolute Gasteiger partial charge is 0.387 e. The van der Waals surface area contributed by atoms with Gasteiger partial charge < -0.3 is 19.7 Å². The Hall–Kier alpha value is -1.27. The Morgan fingerprint density at radius 2 is 1.78 bits per heavy atom. The third-order valence-corrected chi connectivity index (χ3v) is 4.22. The summed E-state index contributed by atoms with van der Waals surface area (Å²) in [6.07, 6.45) is 4.33. The van der Waals surface area contributed by atoms with Gasteiger partial charge >= 0.3 is 6.61 Å². The zero-order valence-electron chi connectivity index (χ0n) is 13.0. The molecule has 2 aliphatic rings. The number of halogens is 3. The fraction of sp³-hybridized carbons (Fsp3) is 0.625. The second-order valence-electron chi connectivity index (χ2n) is 5.77. The first-order valence-electron chi connectivity index (χ1n) is 7.93. The monoisotopic (exact) mass is 348 g/mol. The second kappa shape index (κ2) is 8.55. The minimum Gasteiger partial charge on any atom is -0.486 e. The molecular weight excluding hydrogens is 326 g/mol. The molecule has 1 aromatic rings. The van der Waals surface area contributed by atoms with Gasteiger partial charge in [-0.05, 0) is 37.8 Å². The van der Waals surface area contributed by atoms with E-state index in [2.05, 4.69) is 15.0 Å². The van der Waals surface area contributed by atoms with Crippen LogP contribution in [-0.2, 0) is 0 Å². The van der Waals surface area contributed by atoms with Gasteiger partial charge in [-0.1, -0.05) is 0 Å². The van der Waals surface area contributed by atoms with Crippen molar-refractivity contribution in [3.05, 3.63) is 18.2 Å². The van der Waals surface area contributed by atoms with Crippen LogP contribution in [0.25, 0.3) is 0 Å². The number of anilines is 1. The number of hydrogen-bond acceptors (Lipinski definition) is 4. The molecule has 0 radical (unpaired) electrons. The largest absolute Gasteiger partial charge is 0.486 e. The van der Waals surface area contributed by atoms with E-state index in [1.54, 1.807) is 6.07 Å². The number of piperazine rings is 1. The number of ether oxygens (including phenoxy) is 2. The third-order valence-electron chi connectivity index (χ3n) is 4.22. The minimum atomic E-state index is -2.84. The van der Waals surface area contributed by atoms with Gasteiger partial charge in [0.25, 0.3) is 0 Å². The van der Waals surface area contributed by atoms with Gasteiger partial charge in [0.15, 0.2) is 11.5 Å². The first kappa shape index (κ1) is 18.1. The van der Waals surface area contributed by atoms with Crippen LogP contribution in [0.15, 0.2) is 18.2 Å². The van der Waals surface area contributed by atoms with Gasteiger partial charge in [0.05, 0.1) is 6.10 Å². The number of hydrogen-bond donors (Lipinski definition) is 1. The molecule has 0 amide bonds. The molecule has 1 N–H and O–H groups in total. The van der Waals surface area contributed by atoms with Crippen molar-refractivity contribution in [2.75, 3.05) is 31.1 Å². The highest BCUT2D eigenvalue weighted by Gasteiger charge is 2.21. The lowest BCUT2D eigenvalue weighted by atomic mass is 10.2. The summed E-state index contributed by atoms with van der Waals surface area (Å²) in [4.78, 5) is 2.23. The second-order valence-corrected chi connectivity index (χ2v) is 5.77. The van der Waals surface area contributed by atoms with Gasteiger partial charge in [-0.3, -0.25) is 0 Å². The van der Waals surface area contributed by atoms with E-state index in [9.17, 15) is 8.78 Å². The van der Waals surface area contributed by atoms with Crippen LogP contribution in [-0.4, -0.2) is 38.9 Å². The first-order valence-corrected chi connectivity index (χ1v) is 7.93. The van der Waals surface area contributed by atoms with Crippen LogP contribution in [0.3, 0.4) is 0 Å². The van der Waals surface area contributed by atoms with E-state index in [1.165, 1.54) is 0 Å². The molecule has 2 fully saturated rings. The Morgan fingerprint density at radius 3 is 2.43 bits per heavy atom. The predicted octanol–water partition coefficient (Wildman–Crippen LogP) is 3.44. The van der Waals surface area contributed by atoms with E-state index in [0.29, 0.717) is 5.75 Å². The molecule has 3 rings (SSSR count).